The van der Waals surface area contributed by atoms with Gasteiger partial charge in [0, 0.05) is 31.9 Å². The van der Waals surface area contributed by atoms with Gasteiger partial charge in [0.2, 0.25) is 5.91 Å². The summed E-state index contributed by atoms with van der Waals surface area (Å²) in [7, 11) is -2.10. The molecular formula is C19H21N7O3S3. The summed E-state index contributed by atoms with van der Waals surface area (Å²) in [5.41, 5.74) is 2.36. The molecule has 32 heavy (non-hydrogen) atoms. The van der Waals surface area contributed by atoms with E-state index < -0.39 is 10.0 Å². The number of aromatic nitrogens is 4. The number of amides is 1. The van der Waals surface area contributed by atoms with Crippen LogP contribution in [0.4, 0.5) is 10.3 Å². The first kappa shape index (κ1) is 21.1. The average molecular weight is 492 g/mol. The van der Waals surface area contributed by atoms with Crippen LogP contribution in [-0.4, -0.2) is 58.4 Å². The summed E-state index contributed by atoms with van der Waals surface area (Å²) in [5.74, 6) is 0.0889. The molecule has 2 N–H and O–H groups in total. The van der Waals surface area contributed by atoms with E-state index in [0.29, 0.717) is 10.6 Å². The van der Waals surface area contributed by atoms with E-state index in [1.165, 1.54) is 35.2 Å². The molecule has 0 spiro atoms. The van der Waals surface area contributed by atoms with Crippen molar-refractivity contribution in [1.29, 1.82) is 0 Å². The van der Waals surface area contributed by atoms with Crippen LogP contribution in [0.3, 0.4) is 0 Å². The molecule has 10 nitrogen and oxygen atoms in total. The number of sulfonamides is 1. The van der Waals surface area contributed by atoms with Crippen LogP contribution in [0.1, 0.15) is 18.4 Å². The third-order valence-electron chi connectivity index (χ3n) is 5.31. The summed E-state index contributed by atoms with van der Waals surface area (Å²) in [6, 6.07) is 1.96. The highest BCUT2D eigenvalue weighted by Gasteiger charge is 2.21. The maximum Gasteiger partial charge on any atom is 0.282 e. The van der Waals surface area contributed by atoms with E-state index in [2.05, 4.69) is 25.0 Å². The molecule has 168 valence electrons. The Labute approximate surface area is 192 Å². The monoisotopic (exact) mass is 491 g/mol. The molecule has 0 saturated carbocycles. The summed E-state index contributed by atoms with van der Waals surface area (Å²) in [6.45, 7) is 3.80. The largest absolute Gasteiger partial charge is 0.352 e. The second-order valence-electron chi connectivity index (χ2n) is 7.66. The maximum atomic E-state index is 12.6. The Bertz CT molecular complexity index is 1430. The fourth-order valence-corrected chi connectivity index (χ4v) is 6.89. The van der Waals surface area contributed by atoms with Crippen LogP contribution in [0.15, 0.2) is 23.6 Å². The molecule has 0 bridgehead atoms. The second-order valence-corrected chi connectivity index (χ2v) is 11.3. The summed E-state index contributed by atoms with van der Waals surface area (Å²) in [6.07, 6.45) is 5.00. The molecule has 0 aliphatic carbocycles. The number of hydrogen-bond donors (Lipinski definition) is 2. The maximum absolute atomic E-state index is 12.6. The van der Waals surface area contributed by atoms with E-state index in [-0.39, 0.29) is 22.6 Å². The Morgan fingerprint density at radius 1 is 1.12 bits per heavy atom. The molecule has 0 atom stereocenters. The first-order chi connectivity index (χ1) is 15.3. The van der Waals surface area contributed by atoms with Gasteiger partial charge in [0.25, 0.3) is 10.0 Å². The smallest absolute Gasteiger partial charge is 0.282 e. The van der Waals surface area contributed by atoms with E-state index in [1.54, 1.807) is 11.6 Å². The van der Waals surface area contributed by atoms with E-state index >= 15 is 0 Å². The molecule has 1 aliphatic heterocycles. The Kier molecular flexibility index (Phi) is 5.26. The number of carbonyl (C=O) groups is 1. The molecule has 1 saturated heterocycles. The predicted molar refractivity (Wildman–Crippen MR) is 126 cm³/mol. The minimum absolute atomic E-state index is 0.0576. The van der Waals surface area contributed by atoms with Crippen LogP contribution < -0.4 is 10.0 Å². The predicted octanol–water partition coefficient (Wildman–Crippen LogP) is 2.78. The first-order valence-electron chi connectivity index (χ1n) is 10.0. The van der Waals surface area contributed by atoms with Gasteiger partial charge >= 0.3 is 0 Å². The number of carbonyl (C=O) groups excluding carboxylic acids is 1. The Morgan fingerprint density at radius 3 is 2.44 bits per heavy atom. The number of imidazole rings is 1. The van der Waals surface area contributed by atoms with Crippen molar-refractivity contribution in [3.63, 3.8) is 0 Å². The number of rotatable bonds is 6. The molecule has 3 aromatic heterocycles. The van der Waals surface area contributed by atoms with Gasteiger partial charge in [-0.15, -0.1) is 0 Å². The topological polar surface area (TPSA) is 122 Å². The molecule has 4 aromatic rings. The van der Waals surface area contributed by atoms with Crippen LogP contribution in [0.5, 0.6) is 0 Å². The highest BCUT2D eigenvalue weighted by molar-refractivity contribution is 7.92. The van der Waals surface area contributed by atoms with Crippen molar-refractivity contribution in [3.05, 3.63) is 24.2 Å². The molecule has 4 heterocycles. The van der Waals surface area contributed by atoms with Crippen molar-refractivity contribution in [3.8, 4) is 0 Å². The zero-order chi connectivity index (χ0) is 22.5. The fourth-order valence-electron chi connectivity index (χ4n) is 3.67. The number of nitrogens with zero attached hydrogens (tertiary/aromatic N) is 5. The Hall–Kier alpha value is -2.77. The zero-order valence-corrected chi connectivity index (χ0v) is 19.9. The highest BCUT2D eigenvalue weighted by Crippen LogP contribution is 2.37. The second kappa shape index (κ2) is 7.98. The molecule has 13 heteroatoms. The van der Waals surface area contributed by atoms with Gasteiger partial charge in [0.1, 0.15) is 0 Å². The number of aryl methyl sites for hydroxylation is 2. The van der Waals surface area contributed by atoms with E-state index in [1.807, 2.05) is 17.9 Å². The lowest BCUT2D eigenvalue weighted by atomic mass is 10.2. The normalized spacial score (nSPS) is 14.5. The molecule has 0 radical (unpaired) electrons. The lowest BCUT2D eigenvalue weighted by Crippen LogP contribution is -2.32. The van der Waals surface area contributed by atoms with Crippen LogP contribution in [0.2, 0.25) is 0 Å². The van der Waals surface area contributed by atoms with Gasteiger partial charge in [-0.05, 0) is 25.8 Å². The van der Waals surface area contributed by atoms with Crippen LogP contribution in [-0.2, 0) is 21.9 Å². The van der Waals surface area contributed by atoms with Crippen LogP contribution in [0.25, 0.3) is 20.4 Å². The lowest BCUT2D eigenvalue weighted by Gasteiger charge is -2.14. The van der Waals surface area contributed by atoms with Gasteiger partial charge in [-0.2, -0.15) is 8.42 Å². The zero-order valence-electron chi connectivity index (χ0n) is 17.5. The van der Waals surface area contributed by atoms with Crippen LogP contribution in [0, 0.1) is 6.92 Å². The molecular weight excluding hydrogens is 470 g/mol. The van der Waals surface area contributed by atoms with Crippen molar-refractivity contribution < 1.29 is 13.2 Å². The molecule has 0 unspecified atom stereocenters. The number of likely N-dealkylation sites (tertiary alicyclic amines) is 1. The van der Waals surface area contributed by atoms with Gasteiger partial charge in [0.15, 0.2) is 15.3 Å². The highest BCUT2D eigenvalue weighted by atomic mass is 32.2. The average Bonchev–Trinajstić information content (AvgIpc) is 3.52. The summed E-state index contributed by atoms with van der Waals surface area (Å²) in [4.78, 5) is 27.2. The van der Waals surface area contributed by atoms with Crippen LogP contribution >= 0.6 is 22.7 Å². The summed E-state index contributed by atoms with van der Waals surface area (Å²) < 4.78 is 31.0. The number of nitrogens with one attached hydrogen (secondary N) is 2. The van der Waals surface area contributed by atoms with Gasteiger partial charge in [0.05, 0.1) is 33.3 Å². The van der Waals surface area contributed by atoms with E-state index in [9.17, 15) is 13.2 Å². The van der Waals surface area contributed by atoms with Crippen molar-refractivity contribution in [2.75, 3.05) is 29.7 Å². The van der Waals surface area contributed by atoms with Gasteiger partial charge in [-0.1, -0.05) is 22.7 Å². The van der Waals surface area contributed by atoms with Gasteiger partial charge in [-0.3, -0.25) is 9.52 Å². The molecule has 1 aliphatic rings. The third kappa shape index (κ3) is 3.91. The van der Waals surface area contributed by atoms with Crippen molar-refractivity contribution >= 4 is 69.3 Å². The Morgan fingerprint density at radius 2 is 1.78 bits per heavy atom. The first-order valence-corrected chi connectivity index (χ1v) is 13.1. The molecule has 1 fully saturated rings. The summed E-state index contributed by atoms with van der Waals surface area (Å²) in [5, 5.41) is 4.05. The van der Waals surface area contributed by atoms with E-state index in [4.69, 9.17) is 0 Å². The standard InChI is InChI=1S/C19H21N7O3S3/c1-11-16-12(30-18(22-16)20-8-15(27)26-5-3-4-6-26)7-13-17(11)23-19(31-13)24-32(28,29)14-9-25(2)10-21-14/h7,9-10H,3-6,8H2,1-2H3,(H,20,22)(H,23,24). The van der Waals surface area contributed by atoms with Crippen molar-refractivity contribution in [1.82, 2.24) is 24.4 Å². The Balaban J connectivity index is 1.38. The fraction of sp³-hybridized carbons (Fsp3) is 0.368. The summed E-state index contributed by atoms with van der Waals surface area (Å²) >= 11 is 2.73. The number of anilines is 2. The number of hydrogen-bond acceptors (Lipinski definition) is 9. The third-order valence-corrected chi connectivity index (χ3v) is 8.54. The SMILES string of the molecule is Cc1c2nc(NCC(=O)N3CCCC3)sc2cc2sc(NS(=O)(=O)c3cn(C)cn3)nc12. The molecule has 1 aromatic carbocycles. The number of fused-ring (bicyclic) bond motifs is 2. The number of thiazole rings is 2. The quantitative estimate of drug-likeness (QED) is 0.425. The number of benzene rings is 1. The molecule has 5 rings (SSSR count). The van der Waals surface area contributed by atoms with Crippen molar-refractivity contribution in [2.24, 2.45) is 7.05 Å². The van der Waals surface area contributed by atoms with E-state index in [0.717, 1.165) is 46.4 Å². The molecule has 1 amide bonds. The minimum atomic E-state index is -3.81. The van der Waals surface area contributed by atoms with Gasteiger partial charge in [-0.25, -0.2) is 15.0 Å². The van der Waals surface area contributed by atoms with Gasteiger partial charge < -0.3 is 14.8 Å². The minimum Gasteiger partial charge on any atom is -0.352 e. The lowest BCUT2D eigenvalue weighted by molar-refractivity contribution is -0.128. The van der Waals surface area contributed by atoms with Crippen molar-refractivity contribution in [2.45, 2.75) is 24.8 Å².